The molecule has 1 amide bonds. The molecule has 3 aromatic rings. The SMILES string of the molecule is COc1cccc(C(CCc2cccnc2)(NCCc2cccnc2)C(N)=O)c1OC. The maximum Gasteiger partial charge on any atom is 0.242 e. The third kappa shape index (κ3) is 5.19. The van der Waals surface area contributed by atoms with E-state index in [1.54, 1.807) is 38.9 Å². The van der Waals surface area contributed by atoms with Crippen LogP contribution in [0.1, 0.15) is 23.1 Å². The zero-order valence-electron chi connectivity index (χ0n) is 17.9. The lowest BCUT2D eigenvalue weighted by Gasteiger charge is -2.34. The molecule has 3 rings (SSSR count). The van der Waals surface area contributed by atoms with Crippen LogP contribution >= 0.6 is 0 Å². The topological polar surface area (TPSA) is 99.4 Å². The first-order valence-corrected chi connectivity index (χ1v) is 10.1. The average molecular weight is 421 g/mol. The van der Waals surface area contributed by atoms with Gasteiger partial charge in [-0.25, -0.2) is 0 Å². The predicted molar refractivity (Wildman–Crippen MR) is 119 cm³/mol. The smallest absolute Gasteiger partial charge is 0.242 e. The molecule has 7 heteroatoms. The summed E-state index contributed by atoms with van der Waals surface area (Å²) in [6.07, 6.45) is 8.81. The lowest BCUT2D eigenvalue weighted by Crippen LogP contribution is -2.53. The number of carbonyl (C=O) groups is 1. The Hall–Kier alpha value is -3.45. The molecule has 0 bridgehead atoms. The minimum absolute atomic E-state index is 0.435. The normalized spacial score (nSPS) is 12.7. The molecule has 0 aliphatic heterocycles. The van der Waals surface area contributed by atoms with E-state index in [4.69, 9.17) is 15.2 Å². The second-order valence-electron chi connectivity index (χ2n) is 7.21. The summed E-state index contributed by atoms with van der Waals surface area (Å²) in [6.45, 7) is 0.530. The van der Waals surface area contributed by atoms with Crippen molar-refractivity contribution in [1.82, 2.24) is 15.3 Å². The number of ether oxygens (including phenoxy) is 2. The summed E-state index contributed by atoms with van der Waals surface area (Å²) in [6, 6.07) is 13.2. The monoisotopic (exact) mass is 420 g/mol. The number of benzene rings is 1. The molecule has 0 spiro atoms. The van der Waals surface area contributed by atoms with E-state index in [-0.39, 0.29) is 0 Å². The number of nitrogens with one attached hydrogen (secondary N) is 1. The van der Waals surface area contributed by atoms with Crippen LogP contribution in [-0.4, -0.2) is 36.6 Å². The van der Waals surface area contributed by atoms with Gasteiger partial charge in [0.15, 0.2) is 11.5 Å². The lowest BCUT2D eigenvalue weighted by molar-refractivity contribution is -0.125. The van der Waals surface area contributed by atoms with Crippen molar-refractivity contribution in [2.75, 3.05) is 20.8 Å². The Morgan fingerprint density at radius 3 is 2.19 bits per heavy atom. The van der Waals surface area contributed by atoms with Crippen LogP contribution in [0.5, 0.6) is 11.5 Å². The molecular formula is C24H28N4O3. The number of rotatable bonds is 11. The number of hydrogen-bond donors (Lipinski definition) is 2. The number of primary amides is 1. The van der Waals surface area contributed by atoms with Crippen LogP contribution < -0.4 is 20.5 Å². The highest BCUT2D eigenvalue weighted by Gasteiger charge is 2.41. The molecule has 0 fully saturated rings. The first kappa shape index (κ1) is 22.2. The van der Waals surface area contributed by atoms with Gasteiger partial charge in [-0.3, -0.25) is 20.1 Å². The Kier molecular flexibility index (Phi) is 7.56. The standard InChI is InChI=1S/C24H28N4O3/c1-30-21-9-3-8-20(22(21)31-2)24(23(25)29,12-10-18-6-4-13-26-16-18)28-15-11-19-7-5-14-27-17-19/h3-9,13-14,16-17,28H,10-12,15H2,1-2H3,(H2,25,29). The summed E-state index contributed by atoms with van der Waals surface area (Å²) in [5.41, 5.74) is 7.62. The largest absolute Gasteiger partial charge is 0.493 e. The third-order valence-corrected chi connectivity index (χ3v) is 5.36. The van der Waals surface area contributed by atoms with Crippen LogP contribution in [0, 0.1) is 0 Å². The highest BCUT2D eigenvalue weighted by molar-refractivity contribution is 5.87. The van der Waals surface area contributed by atoms with Gasteiger partial charge in [-0.1, -0.05) is 24.3 Å². The molecule has 0 saturated heterocycles. The van der Waals surface area contributed by atoms with E-state index in [2.05, 4.69) is 15.3 Å². The fraction of sp³-hybridized carbons (Fsp3) is 0.292. The number of aryl methyl sites for hydroxylation is 1. The average Bonchev–Trinajstić information content (AvgIpc) is 2.82. The van der Waals surface area contributed by atoms with Crippen molar-refractivity contribution in [2.24, 2.45) is 5.73 Å². The molecule has 162 valence electrons. The van der Waals surface area contributed by atoms with E-state index in [9.17, 15) is 4.79 Å². The number of carbonyl (C=O) groups excluding carboxylic acids is 1. The van der Waals surface area contributed by atoms with Crippen LogP contribution in [0.4, 0.5) is 0 Å². The minimum atomic E-state index is -1.15. The zero-order valence-corrected chi connectivity index (χ0v) is 17.9. The number of methoxy groups -OCH3 is 2. The fourth-order valence-corrected chi connectivity index (χ4v) is 3.73. The molecule has 31 heavy (non-hydrogen) atoms. The van der Waals surface area contributed by atoms with E-state index >= 15 is 0 Å². The maximum atomic E-state index is 13.0. The molecule has 1 atom stereocenters. The van der Waals surface area contributed by atoms with Crippen LogP contribution in [0.2, 0.25) is 0 Å². The minimum Gasteiger partial charge on any atom is -0.493 e. The Bertz CT molecular complexity index is 983. The van der Waals surface area contributed by atoms with Crippen molar-refractivity contribution in [3.05, 3.63) is 83.9 Å². The molecule has 2 aromatic heterocycles. The van der Waals surface area contributed by atoms with Crippen LogP contribution in [-0.2, 0) is 23.2 Å². The summed E-state index contributed by atoms with van der Waals surface area (Å²) >= 11 is 0. The third-order valence-electron chi connectivity index (χ3n) is 5.36. The van der Waals surface area contributed by atoms with Crippen molar-refractivity contribution < 1.29 is 14.3 Å². The van der Waals surface area contributed by atoms with Gasteiger partial charge in [0.2, 0.25) is 5.91 Å². The van der Waals surface area contributed by atoms with Gasteiger partial charge in [0.1, 0.15) is 5.54 Å². The number of nitrogens with zero attached hydrogens (tertiary/aromatic N) is 2. The van der Waals surface area contributed by atoms with E-state index in [0.29, 0.717) is 42.9 Å². The molecule has 0 aliphatic rings. The molecular weight excluding hydrogens is 392 g/mol. The quantitative estimate of drug-likeness (QED) is 0.495. The molecule has 7 nitrogen and oxygen atoms in total. The van der Waals surface area contributed by atoms with Crippen molar-refractivity contribution in [3.8, 4) is 11.5 Å². The highest BCUT2D eigenvalue weighted by Crippen LogP contribution is 2.39. The molecule has 2 heterocycles. The van der Waals surface area contributed by atoms with Gasteiger partial charge in [0.05, 0.1) is 14.2 Å². The molecule has 1 unspecified atom stereocenters. The Labute approximate surface area is 182 Å². The Morgan fingerprint density at radius 1 is 0.968 bits per heavy atom. The summed E-state index contributed by atoms with van der Waals surface area (Å²) in [7, 11) is 3.13. The summed E-state index contributed by atoms with van der Waals surface area (Å²) in [5.74, 6) is 0.555. The van der Waals surface area contributed by atoms with Crippen molar-refractivity contribution >= 4 is 5.91 Å². The number of pyridine rings is 2. The predicted octanol–water partition coefficient (Wildman–Crippen LogP) is 2.64. The lowest BCUT2D eigenvalue weighted by atomic mass is 9.82. The second-order valence-corrected chi connectivity index (χ2v) is 7.21. The molecule has 0 saturated carbocycles. The highest BCUT2D eigenvalue weighted by atomic mass is 16.5. The van der Waals surface area contributed by atoms with Gasteiger partial charge in [0.25, 0.3) is 0 Å². The van der Waals surface area contributed by atoms with Gasteiger partial charge in [-0.15, -0.1) is 0 Å². The molecule has 1 aromatic carbocycles. The zero-order chi connectivity index (χ0) is 22.1. The maximum absolute atomic E-state index is 13.0. The Morgan fingerprint density at radius 2 is 1.65 bits per heavy atom. The van der Waals surface area contributed by atoms with Gasteiger partial charge >= 0.3 is 0 Å². The molecule has 3 N–H and O–H groups in total. The number of hydrogen-bond acceptors (Lipinski definition) is 6. The first-order valence-electron chi connectivity index (χ1n) is 10.1. The second kappa shape index (κ2) is 10.5. The first-order chi connectivity index (χ1) is 15.1. The van der Waals surface area contributed by atoms with E-state index in [1.165, 1.54) is 0 Å². The Balaban J connectivity index is 1.97. The van der Waals surface area contributed by atoms with E-state index in [1.807, 2.05) is 42.6 Å². The molecule has 0 radical (unpaired) electrons. The number of nitrogens with two attached hydrogens (primary N) is 1. The molecule has 0 aliphatic carbocycles. The fourth-order valence-electron chi connectivity index (χ4n) is 3.73. The van der Waals surface area contributed by atoms with Crippen LogP contribution in [0.15, 0.2) is 67.3 Å². The van der Waals surface area contributed by atoms with Crippen LogP contribution in [0.3, 0.4) is 0 Å². The van der Waals surface area contributed by atoms with E-state index < -0.39 is 11.4 Å². The summed E-state index contributed by atoms with van der Waals surface area (Å²) in [5, 5.41) is 3.44. The van der Waals surface area contributed by atoms with Gasteiger partial charge in [-0.05, 0) is 48.6 Å². The van der Waals surface area contributed by atoms with Crippen molar-refractivity contribution in [3.63, 3.8) is 0 Å². The number of aromatic nitrogens is 2. The van der Waals surface area contributed by atoms with Gasteiger partial charge in [0, 0.05) is 36.9 Å². The number of amides is 1. The summed E-state index contributed by atoms with van der Waals surface area (Å²) < 4.78 is 11.1. The number of para-hydroxylation sites is 1. The van der Waals surface area contributed by atoms with Gasteiger partial charge < -0.3 is 15.2 Å². The van der Waals surface area contributed by atoms with Crippen LogP contribution in [0.25, 0.3) is 0 Å². The van der Waals surface area contributed by atoms with Crippen molar-refractivity contribution in [1.29, 1.82) is 0 Å². The van der Waals surface area contributed by atoms with Crippen molar-refractivity contribution in [2.45, 2.75) is 24.8 Å². The van der Waals surface area contributed by atoms with Gasteiger partial charge in [-0.2, -0.15) is 0 Å². The van der Waals surface area contributed by atoms with E-state index in [0.717, 1.165) is 11.1 Å². The summed E-state index contributed by atoms with van der Waals surface area (Å²) in [4.78, 5) is 21.3.